The van der Waals surface area contributed by atoms with Crippen LogP contribution in [0.25, 0.3) is 0 Å². The molecule has 6 heteroatoms. The lowest BCUT2D eigenvalue weighted by molar-refractivity contribution is -0.122. The Morgan fingerprint density at radius 2 is 2.25 bits per heavy atom. The van der Waals surface area contributed by atoms with E-state index in [4.69, 9.17) is 4.52 Å². The van der Waals surface area contributed by atoms with Crippen molar-refractivity contribution < 1.29 is 14.4 Å². The molecule has 20 heavy (non-hydrogen) atoms. The van der Waals surface area contributed by atoms with E-state index in [-0.39, 0.29) is 18.4 Å². The quantitative estimate of drug-likeness (QED) is 0.788. The highest BCUT2D eigenvalue weighted by Gasteiger charge is 2.29. The van der Waals surface area contributed by atoms with Gasteiger partial charge in [-0.3, -0.25) is 4.79 Å². The lowest BCUT2D eigenvalue weighted by Gasteiger charge is -2.27. The fourth-order valence-electron chi connectivity index (χ4n) is 1.67. The van der Waals surface area contributed by atoms with Crippen molar-refractivity contribution in [3.05, 3.63) is 11.7 Å². The van der Waals surface area contributed by atoms with Gasteiger partial charge < -0.3 is 14.9 Å². The summed E-state index contributed by atoms with van der Waals surface area (Å²) in [6.45, 7) is 5.81. The summed E-state index contributed by atoms with van der Waals surface area (Å²) in [7, 11) is 0. The van der Waals surface area contributed by atoms with Gasteiger partial charge in [0.15, 0.2) is 5.82 Å². The van der Waals surface area contributed by atoms with Crippen molar-refractivity contribution in [2.24, 2.45) is 5.92 Å². The molecule has 1 atom stereocenters. The van der Waals surface area contributed by atoms with Crippen molar-refractivity contribution >= 4 is 5.91 Å². The number of hydrogen-bond donors (Lipinski definition) is 2. The molecule has 1 aliphatic rings. The summed E-state index contributed by atoms with van der Waals surface area (Å²) in [5.74, 6) is 1.71. The van der Waals surface area contributed by atoms with Gasteiger partial charge in [0.2, 0.25) is 11.8 Å². The van der Waals surface area contributed by atoms with Crippen LogP contribution in [0.3, 0.4) is 0 Å². The van der Waals surface area contributed by atoms with Gasteiger partial charge in [0.1, 0.15) is 0 Å². The van der Waals surface area contributed by atoms with E-state index in [0.29, 0.717) is 24.7 Å². The maximum Gasteiger partial charge on any atom is 0.227 e. The van der Waals surface area contributed by atoms with Gasteiger partial charge in [-0.25, -0.2) is 0 Å². The van der Waals surface area contributed by atoms with Gasteiger partial charge in [0, 0.05) is 25.3 Å². The molecule has 1 aromatic heterocycles. The Bertz CT molecular complexity index is 464. The second kappa shape index (κ2) is 5.91. The first kappa shape index (κ1) is 15.0. The van der Waals surface area contributed by atoms with Gasteiger partial charge in [-0.15, -0.1) is 0 Å². The molecular weight excluding hydrogens is 258 g/mol. The number of aliphatic hydroxyl groups is 1. The summed E-state index contributed by atoms with van der Waals surface area (Å²) >= 11 is 0. The van der Waals surface area contributed by atoms with Crippen LogP contribution in [0.1, 0.15) is 57.7 Å². The second-order valence-electron chi connectivity index (χ2n) is 6.11. The summed E-state index contributed by atoms with van der Waals surface area (Å²) in [6, 6.07) is 0. The first-order chi connectivity index (χ1) is 9.38. The van der Waals surface area contributed by atoms with Crippen LogP contribution < -0.4 is 5.32 Å². The van der Waals surface area contributed by atoms with Crippen molar-refractivity contribution in [3.8, 4) is 0 Å². The van der Waals surface area contributed by atoms with Crippen LogP contribution in [0.2, 0.25) is 0 Å². The van der Waals surface area contributed by atoms with E-state index in [1.807, 2.05) is 13.8 Å². The van der Waals surface area contributed by atoms with E-state index in [1.54, 1.807) is 6.92 Å². The molecule has 1 aromatic rings. The largest absolute Gasteiger partial charge is 0.388 e. The number of carbonyl (C=O) groups is 1. The minimum Gasteiger partial charge on any atom is -0.388 e. The molecular formula is C14H23N3O3. The Labute approximate surface area is 118 Å². The van der Waals surface area contributed by atoms with E-state index in [1.165, 1.54) is 0 Å². The first-order valence-electron chi connectivity index (χ1n) is 7.20. The maximum absolute atomic E-state index is 11.7. The number of aryl methyl sites for hydroxylation is 1. The van der Waals surface area contributed by atoms with Gasteiger partial charge in [0.25, 0.3) is 0 Å². The third-order valence-electron chi connectivity index (χ3n) is 3.88. The highest BCUT2D eigenvalue weighted by Crippen LogP contribution is 2.38. The number of hydrogen-bond acceptors (Lipinski definition) is 5. The van der Waals surface area contributed by atoms with Gasteiger partial charge in [-0.2, -0.15) is 4.98 Å². The van der Waals surface area contributed by atoms with Crippen LogP contribution in [0.5, 0.6) is 0 Å². The van der Waals surface area contributed by atoms with Crippen molar-refractivity contribution in [2.45, 2.75) is 58.0 Å². The van der Waals surface area contributed by atoms with Gasteiger partial charge in [0.05, 0.1) is 5.60 Å². The molecule has 0 radical (unpaired) electrons. The molecule has 0 saturated heterocycles. The molecule has 1 aliphatic carbocycles. The number of nitrogens with zero attached hydrogens (tertiary/aromatic N) is 2. The summed E-state index contributed by atoms with van der Waals surface area (Å²) in [4.78, 5) is 16.0. The lowest BCUT2D eigenvalue weighted by atomic mass is 9.92. The monoisotopic (exact) mass is 281 g/mol. The Balaban J connectivity index is 1.71. The predicted octanol–water partition coefficient (Wildman–Crippen LogP) is 1.40. The van der Waals surface area contributed by atoms with Crippen molar-refractivity contribution in [1.29, 1.82) is 0 Å². The Hall–Kier alpha value is -1.43. The third kappa shape index (κ3) is 4.03. The third-order valence-corrected chi connectivity index (χ3v) is 3.88. The van der Waals surface area contributed by atoms with Crippen LogP contribution in [-0.2, 0) is 11.2 Å². The van der Waals surface area contributed by atoms with Gasteiger partial charge >= 0.3 is 0 Å². The summed E-state index contributed by atoms with van der Waals surface area (Å²) in [6.07, 6.45) is 2.99. The van der Waals surface area contributed by atoms with Crippen molar-refractivity contribution in [2.75, 3.05) is 6.54 Å². The predicted molar refractivity (Wildman–Crippen MR) is 73.1 cm³/mol. The van der Waals surface area contributed by atoms with Crippen LogP contribution in [0.15, 0.2) is 4.52 Å². The topological polar surface area (TPSA) is 88.2 Å². The van der Waals surface area contributed by atoms with Crippen LogP contribution in [0, 0.1) is 5.92 Å². The van der Waals surface area contributed by atoms with Gasteiger partial charge in [-0.05, 0) is 25.7 Å². The zero-order valence-corrected chi connectivity index (χ0v) is 12.3. The van der Waals surface area contributed by atoms with E-state index in [9.17, 15) is 9.90 Å². The number of carbonyl (C=O) groups excluding carboxylic acids is 1. The Morgan fingerprint density at radius 3 is 2.85 bits per heavy atom. The number of aromatic nitrogens is 2. The Kier molecular flexibility index (Phi) is 4.42. The molecule has 1 heterocycles. The van der Waals surface area contributed by atoms with Crippen molar-refractivity contribution in [3.63, 3.8) is 0 Å². The van der Waals surface area contributed by atoms with E-state index in [2.05, 4.69) is 15.5 Å². The molecule has 1 amide bonds. The average Bonchev–Trinajstić information content (AvgIpc) is 3.13. The molecule has 0 bridgehead atoms. The molecule has 112 valence electrons. The second-order valence-corrected chi connectivity index (χ2v) is 6.11. The highest BCUT2D eigenvalue weighted by molar-refractivity contribution is 5.76. The summed E-state index contributed by atoms with van der Waals surface area (Å²) < 4.78 is 5.11. The molecule has 2 rings (SSSR count). The highest BCUT2D eigenvalue weighted by atomic mass is 16.5. The molecule has 1 unspecified atom stereocenters. The fraction of sp³-hybridized carbons (Fsp3) is 0.786. The SMILES string of the molecule is CC(C)C(C)(O)CNC(=O)CCc1nc(C2CC2)no1. The van der Waals surface area contributed by atoms with E-state index >= 15 is 0 Å². The zero-order valence-electron chi connectivity index (χ0n) is 12.3. The summed E-state index contributed by atoms with van der Waals surface area (Å²) in [5.41, 5.74) is -0.890. The summed E-state index contributed by atoms with van der Waals surface area (Å²) in [5, 5.41) is 16.7. The molecule has 1 fully saturated rings. The number of rotatable bonds is 7. The minimum atomic E-state index is -0.890. The molecule has 1 saturated carbocycles. The number of amides is 1. The first-order valence-corrected chi connectivity index (χ1v) is 7.20. The van der Waals surface area contributed by atoms with Gasteiger partial charge in [-0.1, -0.05) is 19.0 Å². The maximum atomic E-state index is 11.7. The number of nitrogens with one attached hydrogen (secondary N) is 1. The molecule has 6 nitrogen and oxygen atoms in total. The Morgan fingerprint density at radius 1 is 1.55 bits per heavy atom. The van der Waals surface area contributed by atoms with E-state index in [0.717, 1.165) is 18.7 Å². The van der Waals surface area contributed by atoms with Crippen LogP contribution in [-0.4, -0.2) is 33.3 Å². The standard InChI is InChI=1S/C14H23N3O3/c1-9(2)14(3,19)8-15-11(18)6-7-12-16-13(17-20-12)10-4-5-10/h9-10,19H,4-8H2,1-3H3,(H,15,18). The minimum absolute atomic E-state index is 0.0832. The molecule has 0 aromatic carbocycles. The normalized spacial score (nSPS) is 18.1. The molecule has 0 spiro atoms. The lowest BCUT2D eigenvalue weighted by Crippen LogP contribution is -2.44. The zero-order chi connectivity index (χ0) is 14.8. The van der Waals surface area contributed by atoms with Crippen molar-refractivity contribution in [1.82, 2.24) is 15.5 Å². The fourth-order valence-corrected chi connectivity index (χ4v) is 1.67. The smallest absolute Gasteiger partial charge is 0.227 e. The molecule has 0 aliphatic heterocycles. The average molecular weight is 281 g/mol. The van der Waals surface area contributed by atoms with E-state index < -0.39 is 5.60 Å². The molecule has 2 N–H and O–H groups in total. The van der Waals surface area contributed by atoms with Crippen LogP contribution in [0.4, 0.5) is 0 Å². The van der Waals surface area contributed by atoms with Crippen LogP contribution >= 0.6 is 0 Å².